The summed E-state index contributed by atoms with van der Waals surface area (Å²) in [5.74, 6) is 0. The van der Waals surface area contributed by atoms with Gasteiger partial charge in [0.25, 0.3) is 0 Å². The Morgan fingerprint density at radius 1 is 0.788 bits per heavy atom. The molecule has 0 saturated heterocycles. The average molecular weight is 459 g/mol. The van der Waals surface area contributed by atoms with Crippen LogP contribution in [0, 0.1) is 10.8 Å². The van der Waals surface area contributed by atoms with Crippen LogP contribution >= 0.6 is 0 Å². The third-order valence-electron chi connectivity index (χ3n) is 6.06. The van der Waals surface area contributed by atoms with E-state index in [2.05, 4.69) is 114 Å². The van der Waals surface area contributed by atoms with E-state index in [1.165, 1.54) is 46.3 Å². The Bertz CT molecular complexity index is 643. The van der Waals surface area contributed by atoms with Crippen molar-refractivity contribution < 1.29 is 0 Å². The van der Waals surface area contributed by atoms with Gasteiger partial charge in [-0.25, -0.2) is 0 Å². The summed E-state index contributed by atoms with van der Waals surface area (Å²) in [6.07, 6.45) is 12.2. The monoisotopic (exact) mass is 458 g/mol. The molecule has 0 heterocycles. The van der Waals surface area contributed by atoms with Crippen molar-refractivity contribution >= 4 is 0 Å². The molecule has 194 valence electrons. The van der Waals surface area contributed by atoms with Gasteiger partial charge in [0.1, 0.15) is 0 Å². The normalized spacial score (nSPS) is 13.3. The van der Waals surface area contributed by atoms with E-state index in [9.17, 15) is 0 Å². The lowest BCUT2D eigenvalue weighted by molar-refractivity contribution is 0.338. The van der Waals surface area contributed by atoms with Crippen LogP contribution in [0.25, 0.3) is 0 Å². The summed E-state index contributed by atoms with van der Waals surface area (Å²) in [7, 11) is 0. The third-order valence-corrected chi connectivity index (χ3v) is 6.06. The highest BCUT2D eigenvalue weighted by Gasteiger charge is 2.15. The maximum absolute atomic E-state index is 4.11. The van der Waals surface area contributed by atoms with E-state index >= 15 is 0 Å². The molecule has 0 amide bonds. The minimum absolute atomic E-state index is 0.104. The van der Waals surface area contributed by atoms with E-state index in [1.54, 1.807) is 0 Å². The molecular weight excluding hydrogens is 396 g/mol. The first-order valence-corrected chi connectivity index (χ1v) is 13.3. The van der Waals surface area contributed by atoms with Crippen LogP contribution in [0.2, 0.25) is 0 Å². The Morgan fingerprint density at radius 3 is 1.45 bits per heavy atom. The van der Waals surface area contributed by atoms with E-state index in [-0.39, 0.29) is 5.41 Å². The van der Waals surface area contributed by atoms with E-state index in [1.807, 2.05) is 33.8 Å². The van der Waals surface area contributed by atoms with Gasteiger partial charge in [-0.05, 0) is 72.8 Å². The predicted molar refractivity (Wildman–Crippen MR) is 160 cm³/mol. The fourth-order valence-corrected chi connectivity index (χ4v) is 2.45. The molecule has 0 fully saturated rings. The summed E-state index contributed by atoms with van der Waals surface area (Å²) >= 11 is 0. The van der Waals surface area contributed by atoms with Crippen molar-refractivity contribution in [2.24, 2.45) is 10.8 Å². The molecule has 0 aromatic rings. The highest BCUT2D eigenvalue weighted by Crippen LogP contribution is 2.29. The van der Waals surface area contributed by atoms with Crippen molar-refractivity contribution in [2.75, 3.05) is 0 Å². The first-order valence-electron chi connectivity index (χ1n) is 13.3. The molecule has 33 heavy (non-hydrogen) atoms. The lowest BCUT2D eigenvalue weighted by atomic mass is 9.84. The number of hydrogen-bond donors (Lipinski definition) is 0. The quantitative estimate of drug-likeness (QED) is 0.317. The Morgan fingerprint density at radius 2 is 1.21 bits per heavy atom. The molecule has 0 spiro atoms. The van der Waals surface area contributed by atoms with Gasteiger partial charge in [-0.3, -0.25) is 0 Å². The summed E-state index contributed by atoms with van der Waals surface area (Å²) in [5, 5.41) is 0. The van der Waals surface area contributed by atoms with Crippen LogP contribution < -0.4 is 0 Å². The van der Waals surface area contributed by atoms with E-state index < -0.39 is 0 Å². The molecule has 0 aliphatic rings. The molecule has 0 rings (SSSR count). The summed E-state index contributed by atoms with van der Waals surface area (Å²) in [4.78, 5) is 0. The van der Waals surface area contributed by atoms with Crippen molar-refractivity contribution in [3.8, 4) is 0 Å². The zero-order chi connectivity index (χ0) is 27.4. The van der Waals surface area contributed by atoms with Crippen LogP contribution in [0.4, 0.5) is 0 Å². The largest absolute Gasteiger partial charge is 0.0988 e. The fraction of sp³-hybridized carbons (Fsp3) is 0.636. The molecule has 0 N–H and O–H groups in total. The fourth-order valence-electron chi connectivity index (χ4n) is 2.45. The molecule has 0 unspecified atom stereocenters. The Labute approximate surface area is 211 Å². The molecule has 0 aromatic heterocycles. The van der Waals surface area contributed by atoms with Gasteiger partial charge in [0.2, 0.25) is 0 Å². The van der Waals surface area contributed by atoms with Crippen molar-refractivity contribution in [1.82, 2.24) is 0 Å². The highest BCUT2D eigenvalue weighted by atomic mass is 14.2. The predicted octanol–water partition coefficient (Wildman–Crippen LogP) is 12.2. The lowest BCUT2D eigenvalue weighted by Gasteiger charge is -2.21. The Kier molecular flexibility index (Phi) is 24.6. The van der Waals surface area contributed by atoms with Crippen molar-refractivity contribution in [2.45, 2.75) is 130 Å². The van der Waals surface area contributed by atoms with Crippen LogP contribution in [0.5, 0.6) is 0 Å². The zero-order valence-electron chi connectivity index (χ0n) is 25.8. The van der Waals surface area contributed by atoms with Gasteiger partial charge in [-0.2, -0.15) is 0 Å². The van der Waals surface area contributed by atoms with Gasteiger partial charge in [-0.15, -0.1) is 0 Å². The molecule has 0 aliphatic carbocycles. The SMILES string of the molecule is C=C\C(=C/C(=C\C)C(/C)=C(C)/C=C(/C)C(=C)CC)C(C)(C)C.CC.CC.CCC(C)(C)CC. The third kappa shape index (κ3) is 18.5. The number of hydrogen-bond acceptors (Lipinski definition) is 0. The van der Waals surface area contributed by atoms with E-state index in [4.69, 9.17) is 0 Å². The van der Waals surface area contributed by atoms with Crippen LogP contribution in [0.1, 0.15) is 130 Å². The molecule has 0 aliphatic heterocycles. The molecule has 0 atom stereocenters. The van der Waals surface area contributed by atoms with Crippen LogP contribution in [0.3, 0.4) is 0 Å². The zero-order valence-corrected chi connectivity index (χ0v) is 25.8. The molecular formula is C33H62. The topological polar surface area (TPSA) is 0 Å². The van der Waals surface area contributed by atoms with E-state index in [0.29, 0.717) is 5.41 Å². The lowest BCUT2D eigenvalue weighted by Crippen LogP contribution is -2.07. The van der Waals surface area contributed by atoms with Gasteiger partial charge in [0.15, 0.2) is 0 Å². The summed E-state index contributed by atoms with van der Waals surface area (Å²) in [6.45, 7) is 42.5. The summed E-state index contributed by atoms with van der Waals surface area (Å²) in [6, 6.07) is 0. The maximum Gasteiger partial charge on any atom is -0.0132 e. The Balaban J connectivity index is -0.000000320. The first kappa shape index (κ1) is 38.7. The first-order chi connectivity index (χ1) is 15.2. The van der Waals surface area contributed by atoms with Gasteiger partial charge >= 0.3 is 0 Å². The smallest absolute Gasteiger partial charge is 0.0132 e. The molecule has 0 heteroatoms. The minimum Gasteiger partial charge on any atom is -0.0988 e. The second-order valence-corrected chi connectivity index (χ2v) is 9.76. The summed E-state index contributed by atoms with van der Waals surface area (Å²) in [5.41, 5.74) is 8.25. The molecule has 0 saturated carbocycles. The van der Waals surface area contributed by atoms with Gasteiger partial charge < -0.3 is 0 Å². The minimum atomic E-state index is 0.104. The maximum atomic E-state index is 4.11. The average Bonchev–Trinajstić information content (AvgIpc) is 2.80. The van der Waals surface area contributed by atoms with Crippen molar-refractivity contribution in [3.63, 3.8) is 0 Å². The van der Waals surface area contributed by atoms with E-state index in [0.717, 1.165) is 6.42 Å². The molecule has 0 nitrogen and oxygen atoms in total. The van der Waals surface area contributed by atoms with Gasteiger partial charge in [-0.1, -0.05) is 139 Å². The standard InChI is InChI=1S/C22H34.C7H16.2C2H6/c1-11-16(4)17(5)14-18(6)19(7)20(12-2)15-21(13-3)22(8,9)10;1-5-7(3,4)6-2;2*1-2/h12-15H,3-4,11H2,1-2,5-10H3;5-6H2,1-4H3;2*1-2H3/b17-14-,19-18+,20-12+,21-15+;;;. The highest BCUT2D eigenvalue weighted by molar-refractivity contribution is 5.48. The number of rotatable bonds is 8. The van der Waals surface area contributed by atoms with Crippen LogP contribution in [0.15, 0.2) is 70.9 Å². The molecule has 0 radical (unpaired) electrons. The van der Waals surface area contributed by atoms with Crippen LogP contribution in [-0.2, 0) is 0 Å². The van der Waals surface area contributed by atoms with Gasteiger partial charge in [0.05, 0.1) is 0 Å². The van der Waals surface area contributed by atoms with Gasteiger partial charge in [0, 0.05) is 0 Å². The summed E-state index contributed by atoms with van der Waals surface area (Å²) < 4.78 is 0. The second kappa shape index (κ2) is 21.0. The van der Waals surface area contributed by atoms with Crippen molar-refractivity contribution in [3.05, 3.63) is 70.9 Å². The van der Waals surface area contributed by atoms with Crippen molar-refractivity contribution in [1.29, 1.82) is 0 Å². The molecule has 0 bridgehead atoms. The Hall–Kier alpha value is -1.56. The second-order valence-electron chi connectivity index (χ2n) is 9.76. The molecule has 0 aromatic carbocycles. The van der Waals surface area contributed by atoms with Crippen LogP contribution in [-0.4, -0.2) is 0 Å². The number of allylic oxidation sites excluding steroid dienone is 10.